The standard InChI is InChI=1S/C28H28O5/c1-31-27(28(29)30)18-20-13-15-22(16-14-20)32-17-7-6-10-24-23-9-3-2-8-21(23)19-33-26-12-5-4-11-25(24)26/h2-5,8-16,27H,6-7,17-19H2,1H3,(H,29,30). The van der Waals surface area contributed by atoms with Gasteiger partial charge in [-0.05, 0) is 53.3 Å². The van der Waals surface area contributed by atoms with Crippen LogP contribution in [0.15, 0.2) is 78.9 Å². The van der Waals surface area contributed by atoms with Crippen molar-refractivity contribution < 1.29 is 24.1 Å². The summed E-state index contributed by atoms with van der Waals surface area (Å²) in [4.78, 5) is 11.1. The molecule has 5 nitrogen and oxygen atoms in total. The molecular formula is C28H28O5. The van der Waals surface area contributed by atoms with Gasteiger partial charge >= 0.3 is 5.97 Å². The van der Waals surface area contributed by atoms with Crippen LogP contribution in [0.2, 0.25) is 0 Å². The summed E-state index contributed by atoms with van der Waals surface area (Å²) in [6, 6.07) is 24.1. The van der Waals surface area contributed by atoms with E-state index < -0.39 is 12.1 Å². The summed E-state index contributed by atoms with van der Waals surface area (Å²) in [5.74, 6) is 0.724. The number of allylic oxidation sites excluding steroid dienone is 1. The third kappa shape index (κ3) is 5.62. The highest BCUT2D eigenvalue weighted by molar-refractivity contribution is 5.84. The van der Waals surface area contributed by atoms with Gasteiger partial charge in [0.25, 0.3) is 0 Å². The van der Waals surface area contributed by atoms with Crippen LogP contribution in [-0.4, -0.2) is 30.9 Å². The highest BCUT2D eigenvalue weighted by Gasteiger charge is 2.18. The first-order chi connectivity index (χ1) is 16.2. The highest BCUT2D eigenvalue weighted by Crippen LogP contribution is 2.36. The first kappa shape index (κ1) is 22.6. The van der Waals surface area contributed by atoms with Crippen molar-refractivity contribution in [2.24, 2.45) is 0 Å². The lowest BCUT2D eigenvalue weighted by atomic mass is 9.93. The predicted molar refractivity (Wildman–Crippen MR) is 128 cm³/mol. The molecule has 5 heteroatoms. The van der Waals surface area contributed by atoms with Crippen molar-refractivity contribution >= 4 is 11.5 Å². The molecule has 1 atom stereocenters. The zero-order chi connectivity index (χ0) is 23.0. The Morgan fingerprint density at radius 3 is 2.52 bits per heavy atom. The number of carboxylic acids is 1. The summed E-state index contributed by atoms with van der Waals surface area (Å²) in [5.41, 5.74) is 5.63. The average molecular weight is 445 g/mol. The molecular weight excluding hydrogens is 416 g/mol. The van der Waals surface area contributed by atoms with E-state index in [9.17, 15) is 4.79 Å². The van der Waals surface area contributed by atoms with Crippen LogP contribution in [0.4, 0.5) is 0 Å². The maximum atomic E-state index is 11.1. The van der Waals surface area contributed by atoms with Gasteiger partial charge in [-0.3, -0.25) is 0 Å². The molecule has 0 spiro atoms. The Bertz CT molecular complexity index is 1070. The molecule has 170 valence electrons. The van der Waals surface area contributed by atoms with Crippen molar-refractivity contribution in [1.29, 1.82) is 0 Å². The molecule has 0 aromatic heterocycles. The van der Waals surface area contributed by atoms with Crippen molar-refractivity contribution in [2.75, 3.05) is 13.7 Å². The number of para-hydroxylation sites is 1. The minimum atomic E-state index is -0.961. The number of hydrogen-bond donors (Lipinski definition) is 1. The van der Waals surface area contributed by atoms with E-state index in [4.69, 9.17) is 19.3 Å². The maximum Gasteiger partial charge on any atom is 0.333 e. The number of carboxylic acid groups (broad SMARTS) is 1. The van der Waals surface area contributed by atoms with Gasteiger partial charge in [0.15, 0.2) is 6.10 Å². The third-order valence-corrected chi connectivity index (χ3v) is 5.74. The van der Waals surface area contributed by atoms with E-state index in [0.717, 1.165) is 35.5 Å². The summed E-state index contributed by atoms with van der Waals surface area (Å²) in [6.07, 6.45) is 3.52. The Balaban J connectivity index is 1.36. The molecule has 0 aliphatic carbocycles. The Kier molecular flexibility index (Phi) is 7.43. The summed E-state index contributed by atoms with van der Waals surface area (Å²) in [7, 11) is 1.41. The number of methoxy groups -OCH3 is 1. The van der Waals surface area contributed by atoms with E-state index in [2.05, 4.69) is 30.3 Å². The second-order valence-electron chi connectivity index (χ2n) is 7.96. The normalized spacial score (nSPS) is 14.5. The fourth-order valence-corrected chi connectivity index (χ4v) is 3.97. The van der Waals surface area contributed by atoms with Gasteiger partial charge in [-0.15, -0.1) is 0 Å². The fraction of sp³-hybridized carbons (Fsp3) is 0.250. The molecule has 4 rings (SSSR count). The maximum absolute atomic E-state index is 11.1. The minimum absolute atomic E-state index is 0.326. The third-order valence-electron chi connectivity index (χ3n) is 5.74. The number of aliphatic carboxylic acids is 1. The zero-order valence-electron chi connectivity index (χ0n) is 18.7. The van der Waals surface area contributed by atoms with Crippen molar-refractivity contribution in [3.8, 4) is 11.5 Å². The molecule has 0 saturated heterocycles. The van der Waals surface area contributed by atoms with Crippen molar-refractivity contribution in [2.45, 2.75) is 32.0 Å². The molecule has 1 unspecified atom stereocenters. The van der Waals surface area contributed by atoms with Gasteiger partial charge in [0.2, 0.25) is 0 Å². The molecule has 0 saturated carbocycles. The molecule has 3 aromatic rings. The van der Waals surface area contributed by atoms with Crippen LogP contribution >= 0.6 is 0 Å². The second-order valence-corrected chi connectivity index (χ2v) is 7.96. The lowest BCUT2D eigenvalue weighted by Gasteiger charge is -2.12. The lowest BCUT2D eigenvalue weighted by Crippen LogP contribution is -2.24. The van der Waals surface area contributed by atoms with Crippen LogP contribution in [0, 0.1) is 0 Å². The first-order valence-corrected chi connectivity index (χ1v) is 11.1. The first-order valence-electron chi connectivity index (χ1n) is 11.1. The molecule has 1 N–H and O–H groups in total. The number of ether oxygens (including phenoxy) is 3. The van der Waals surface area contributed by atoms with Gasteiger partial charge in [0, 0.05) is 19.1 Å². The van der Waals surface area contributed by atoms with Gasteiger partial charge in [0.05, 0.1) is 6.61 Å². The SMILES string of the molecule is COC(Cc1ccc(OCCCC=C2c3ccccc3COc3ccccc32)cc1)C(=O)O. The number of unbranched alkanes of at least 4 members (excludes halogenated alkanes) is 1. The van der Waals surface area contributed by atoms with Crippen LogP contribution in [-0.2, 0) is 22.6 Å². The van der Waals surface area contributed by atoms with Crippen LogP contribution in [0.25, 0.3) is 5.57 Å². The summed E-state index contributed by atoms with van der Waals surface area (Å²) >= 11 is 0. The summed E-state index contributed by atoms with van der Waals surface area (Å²) in [6.45, 7) is 1.17. The van der Waals surface area contributed by atoms with Gasteiger partial charge in [0.1, 0.15) is 18.1 Å². The van der Waals surface area contributed by atoms with Gasteiger partial charge < -0.3 is 19.3 Å². The second kappa shape index (κ2) is 10.8. The Morgan fingerprint density at radius 2 is 1.76 bits per heavy atom. The van der Waals surface area contributed by atoms with Crippen LogP contribution in [0.3, 0.4) is 0 Å². The van der Waals surface area contributed by atoms with E-state index in [-0.39, 0.29) is 0 Å². The highest BCUT2D eigenvalue weighted by atomic mass is 16.5. The number of hydrogen-bond acceptors (Lipinski definition) is 4. The number of carbonyl (C=O) groups is 1. The van der Waals surface area contributed by atoms with Crippen LogP contribution < -0.4 is 9.47 Å². The summed E-state index contributed by atoms with van der Waals surface area (Å²) in [5, 5.41) is 9.11. The topological polar surface area (TPSA) is 65.0 Å². The largest absolute Gasteiger partial charge is 0.494 e. The molecule has 1 aliphatic heterocycles. The Morgan fingerprint density at radius 1 is 1.03 bits per heavy atom. The van der Waals surface area contributed by atoms with Gasteiger partial charge in [-0.2, -0.15) is 0 Å². The minimum Gasteiger partial charge on any atom is -0.494 e. The molecule has 0 amide bonds. The van der Waals surface area contributed by atoms with Crippen molar-refractivity contribution in [1.82, 2.24) is 0 Å². The Labute approximate surface area is 194 Å². The van der Waals surface area contributed by atoms with Crippen molar-refractivity contribution in [3.05, 3.63) is 101 Å². The van der Waals surface area contributed by atoms with Gasteiger partial charge in [-0.1, -0.05) is 60.7 Å². The van der Waals surface area contributed by atoms with E-state index in [1.165, 1.54) is 23.8 Å². The van der Waals surface area contributed by atoms with Crippen molar-refractivity contribution in [3.63, 3.8) is 0 Å². The van der Waals surface area contributed by atoms with E-state index in [1.54, 1.807) is 0 Å². The molecule has 3 aromatic carbocycles. The smallest absolute Gasteiger partial charge is 0.333 e. The van der Waals surface area contributed by atoms with E-state index >= 15 is 0 Å². The molecule has 1 heterocycles. The summed E-state index contributed by atoms with van der Waals surface area (Å²) < 4.78 is 16.9. The molecule has 0 radical (unpaired) electrons. The predicted octanol–water partition coefficient (Wildman–Crippen LogP) is 5.51. The number of rotatable bonds is 9. The molecule has 1 aliphatic rings. The number of benzene rings is 3. The molecule has 33 heavy (non-hydrogen) atoms. The number of fused-ring (bicyclic) bond motifs is 2. The van der Waals surface area contributed by atoms with Gasteiger partial charge in [-0.25, -0.2) is 4.79 Å². The zero-order valence-corrected chi connectivity index (χ0v) is 18.7. The lowest BCUT2D eigenvalue weighted by molar-refractivity contribution is -0.148. The quantitative estimate of drug-likeness (QED) is 0.441. The molecule has 0 fully saturated rings. The van der Waals surface area contributed by atoms with Crippen LogP contribution in [0.1, 0.15) is 35.1 Å². The van der Waals surface area contributed by atoms with Crippen LogP contribution in [0.5, 0.6) is 11.5 Å². The Hall–Kier alpha value is -3.57. The monoisotopic (exact) mass is 444 g/mol. The van der Waals surface area contributed by atoms with E-state index in [1.807, 2.05) is 48.5 Å². The average Bonchev–Trinajstić information content (AvgIpc) is 3.00. The molecule has 0 bridgehead atoms. The van der Waals surface area contributed by atoms with E-state index in [0.29, 0.717) is 19.6 Å². The fourth-order valence-electron chi connectivity index (χ4n) is 3.97.